The number of ether oxygens (including phenoxy) is 2. The summed E-state index contributed by atoms with van der Waals surface area (Å²) < 4.78 is 11.0. The quantitative estimate of drug-likeness (QED) is 0.806. The first-order valence-electron chi connectivity index (χ1n) is 8.83. The molecular weight excluding hydrogens is 314 g/mol. The van der Waals surface area contributed by atoms with E-state index in [0.717, 1.165) is 43.0 Å². The molecule has 4 nitrogen and oxygen atoms in total. The molecule has 0 radical (unpaired) electrons. The minimum atomic E-state index is 0.0573. The maximum absolute atomic E-state index is 12.5. The highest BCUT2D eigenvalue weighted by molar-refractivity contribution is 5.78. The van der Waals surface area contributed by atoms with Crippen molar-refractivity contribution < 1.29 is 14.3 Å². The van der Waals surface area contributed by atoms with E-state index in [1.165, 1.54) is 5.56 Å². The molecule has 1 amide bonds. The van der Waals surface area contributed by atoms with Gasteiger partial charge in [0.15, 0.2) is 6.61 Å². The Morgan fingerprint density at radius 3 is 2.64 bits per heavy atom. The van der Waals surface area contributed by atoms with Gasteiger partial charge in [-0.3, -0.25) is 4.79 Å². The van der Waals surface area contributed by atoms with E-state index in [0.29, 0.717) is 5.92 Å². The van der Waals surface area contributed by atoms with Crippen LogP contribution in [0.4, 0.5) is 0 Å². The number of hydrogen-bond donors (Lipinski definition) is 0. The third kappa shape index (κ3) is 4.13. The van der Waals surface area contributed by atoms with Crippen LogP contribution in [-0.4, -0.2) is 37.6 Å². The van der Waals surface area contributed by atoms with Gasteiger partial charge >= 0.3 is 0 Å². The molecule has 2 aromatic carbocycles. The van der Waals surface area contributed by atoms with E-state index < -0.39 is 0 Å². The van der Waals surface area contributed by atoms with Crippen molar-refractivity contribution in [2.75, 3.05) is 26.8 Å². The molecular formula is C21H25NO3. The van der Waals surface area contributed by atoms with Crippen LogP contribution in [0.15, 0.2) is 48.5 Å². The normalized spacial score (nSPS) is 16.7. The highest BCUT2D eigenvalue weighted by atomic mass is 16.5. The first-order valence-corrected chi connectivity index (χ1v) is 8.83. The van der Waals surface area contributed by atoms with Crippen molar-refractivity contribution in [1.82, 2.24) is 4.90 Å². The van der Waals surface area contributed by atoms with Crippen molar-refractivity contribution in [3.8, 4) is 11.5 Å². The smallest absolute Gasteiger partial charge is 0.260 e. The van der Waals surface area contributed by atoms with Gasteiger partial charge in [0.25, 0.3) is 5.91 Å². The van der Waals surface area contributed by atoms with Gasteiger partial charge in [0.1, 0.15) is 11.5 Å². The monoisotopic (exact) mass is 339 g/mol. The van der Waals surface area contributed by atoms with Crippen LogP contribution < -0.4 is 9.47 Å². The van der Waals surface area contributed by atoms with Crippen molar-refractivity contribution >= 4 is 5.91 Å². The molecule has 1 aliphatic heterocycles. The molecule has 0 bridgehead atoms. The molecule has 3 rings (SSSR count). The van der Waals surface area contributed by atoms with E-state index in [1.54, 1.807) is 7.11 Å². The molecule has 4 heteroatoms. The first kappa shape index (κ1) is 17.3. The van der Waals surface area contributed by atoms with E-state index in [2.05, 4.69) is 19.1 Å². The Morgan fingerprint density at radius 2 is 1.92 bits per heavy atom. The fourth-order valence-electron chi connectivity index (χ4n) is 3.30. The summed E-state index contributed by atoms with van der Waals surface area (Å²) in [4.78, 5) is 14.4. The summed E-state index contributed by atoms with van der Waals surface area (Å²) in [6, 6.07) is 16.0. The summed E-state index contributed by atoms with van der Waals surface area (Å²) >= 11 is 0. The van der Waals surface area contributed by atoms with Crippen molar-refractivity contribution in [3.05, 3.63) is 59.7 Å². The van der Waals surface area contributed by atoms with Gasteiger partial charge in [0, 0.05) is 19.0 Å². The number of amides is 1. The molecule has 1 aliphatic rings. The lowest BCUT2D eigenvalue weighted by Gasteiger charge is -2.18. The van der Waals surface area contributed by atoms with Crippen LogP contribution in [0, 0.1) is 0 Å². The van der Waals surface area contributed by atoms with Gasteiger partial charge in [0.2, 0.25) is 0 Å². The van der Waals surface area contributed by atoms with Gasteiger partial charge in [-0.15, -0.1) is 0 Å². The molecule has 0 saturated carbocycles. The molecule has 0 aromatic heterocycles. The van der Waals surface area contributed by atoms with Crippen molar-refractivity contribution in [1.29, 1.82) is 0 Å². The highest BCUT2D eigenvalue weighted by Gasteiger charge is 2.27. The van der Waals surface area contributed by atoms with Gasteiger partial charge in [-0.1, -0.05) is 37.3 Å². The van der Waals surface area contributed by atoms with Gasteiger partial charge in [-0.25, -0.2) is 0 Å². The molecule has 2 aromatic rings. The second kappa shape index (κ2) is 8.06. The number of carbonyl (C=O) groups is 1. The fraction of sp³-hybridized carbons (Fsp3) is 0.381. The Morgan fingerprint density at radius 1 is 1.16 bits per heavy atom. The van der Waals surface area contributed by atoms with Crippen molar-refractivity contribution in [3.63, 3.8) is 0 Å². The number of carbonyl (C=O) groups excluding carboxylic acids is 1. The first-order chi connectivity index (χ1) is 12.2. The summed E-state index contributed by atoms with van der Waals surface area (Å²) in [5.41, 5.74) is 2.39. The van der Waals surface area contributed by atoms with E-state index in [4.69, 9.17) is 9.47 Å². The molecule has 1 unspecified atom stereocenters. The third-order valence-electron chi connectivity index (χ3n) is 4.83. The number of rotatable bonds is 6. The van der Waals surface area contributed by atoms with Crippen molar-refractivity contribution in [2.45, 2.75) is 25.7 Å². The Balaban J connectivity index is 1.55. The summed E-state index contributed by atoms with van der Waals surface area (Å²) in [5, 5.41) is 0. The van der Waals surface area contributed by atoms with Gasteiger partial charge in [-0.2, -0.15) is 0 Å². The topological polar surface area (TPSA) is 38.8 Å². The fourth-order valence-corrected chi connectivity index (χ4v) is 3.30. The predicted octanol–water partition coefficient (Wildman–Crippen LogP) is 3.65. The Kier molecular flexibility index (Phi) is 5.59. The van der Waals surface area contributed by atoms with Gasteiger partial charge < -0.3 is 14.4 Å². The zero-order valence-electron chi connectivity index (χ0n) is 14.9. The Labute approximate surface area is 149 Å². The molecule has 132 valence electrons. The SMILES string of the molecule is CCc1ccccc1OCC(=O)N1CCC(c2ccc(OC)cc2)C1. The lowest BCUT2D eigenvalue weighted by molar-refractivity contribution is -0.132. The van der Waals surface area contributed by atoms with Gasteiger partial charge in [-0.05, 0) is 42.2 Å². The summed E-state index contributed by atoms with van der Waals surface area (Å²) in [5.74, 6) is 2.11. The largest absolute Gasteiger partial charge is 0.497 e. The molecule has 25 heavy (non-hydrogen) atoms. The molecule has 0 N–H and O–H groups in total. The predicted molar refractivity (Wildman–Crippen MR) is 98.2 cm³/mol. The van der Waals surface area contributed by atoms with Crippen LogP contribution in [0.1, 0.15) is 30.4 Å². The number of benzene rings is 2. The van der Waals surface area contributed by atoms with Crippen LogP contribution in [0.5, 0.6) is 11.5 Å². The number of para-hydroxylation sites is 1. The molecule has 1 fully saturated rings. The van der Waals surface area contributed by atoms with E-state index in [-0.39, 0.29) is 12.5 Å². The molecule has 0 aliphatic carbocycles. The number of aryl methyl sites for hydroxylation is 1. The van der Waals surface area contributed by atoms with Crippen LogP contribution in [0.2, 0.25) is 0 Å². The number of nitrogens with zero attached hydrogens (tertiary/aromatic N) is 1. The number of methoxy groups -OCH3 is 1. The van der Waals surface area contributed by atoms with E-state index in [1.807, 2.05) is 41.3 Å². The van der Waals surface area contributed by atoms with Gasteiger partial charge in [0.05, 0.1) is 7.11 Å². The average Bonchev–Trinajstić information content (AvgIpc) is 3.16. The zero-order valence-corrected chi connectivity index (χ0v) is 14.9. The number of likely N-dealkylation sites (tertiary alicyclic amines) is 1. The lowest BCUT2D eigenvalue weighted by Crippen LogP contribution is -2.33. The summed E-state index contributed by atoms with van der Waals surface area (Å²) in [7, 11) is 1.67. The highest BCUT2D eigenvalue weighted by Crippen LogP contribution is 2.28. The maximum atomic E-state index is 12.5. The zero-order chi connectivity index (χ0) is 17.6. The second-order valence-electron chi connectivity index (χ2n) is 6.35. The average molecular weight is 339 g/mol. The summed E-state index contributed by atoms with van der Waals surface area (Å²) in [6.07, 6.45) is 1.89. The maximum Gasteiger partial charge on any atom is 0.260 e. The number of hydrogen-bond acceptors (Lipinski definition) is 3. The third-order valence-corrected chi connectivity index (χ3v) is 4.83. The van der Waals surface area contributed by atoms with Crippen molar-refractivity contribution in [2.24, 2.45) is 0 Å². The minimum absolute atomic E-state index is 0.0573. The standard InChI is InChI=1S/C21H25NO3/c1-3-16-6-4-5-7-20(16)25-15-21(23)22-13-12-18(14-22)17-8-10-19(24-2)11-9-17/h4-11,18H,3,12-15H2,1-2H3. The summed E-state index contributed by atoms with van der Waals surface area (Å²) in [6.45, 7) is 3.73. The Bertz CT molecular complexity index is 711. The molecule has 1 saturated heterocycles. The van der Waals surface area contributed by atoms with Crippen LogP contribution >= 0.6 is 0 Å². The Hall–Kier alpha value is -2.49. The van der Waals surface area contributed by atoms with Crippen LogP contribution in [0.25, 0.3) is 0 Å². The van der Waals surface area contributed by atoms with Crippen LogP contribution in [-0.2, 0) is 11.2 Å². The molecule has 0 spiro atoms. The van der Waals surface area contributed by atoms with Crippen LogP contribution in [0.3, 0.4) is 0 Å². The second-order valence-corrected chi connectivity index (χ2v) is 6.35. The minimum Gasteiger partial charge on any atom is -0.497 e. The molecule has 1 heterocycles. The van der Waals surface area contributed by atoms with E-state index >= 15 is 0 Å². The lowest BCUT2D eigenvalue weighted by atomic mass is 9.98. The molecule has 1 atom stereocenters. The van der Waals surface area contributed by atoms with E-state index in [9.17, 15) is 4.79 Å².